The van der Waals surface area contributed by atoms with Crippen molar-refractivity contribution >= 4 is 56.4 Å². The molecule has 2 N–H and O–H groups in total. The Bertz CT molecular complexity index is 1070. The summed E-state index contributed by atoms with van der Waals surface area (Å²) in [4.78, 5) is 22.5. The predicted molar refractivity (Wildman–Crippen MR) is 145 cm³/mol. The third-order valence-electron chi connectivity index (χ3n) is 6.96. The molecule has 0 radical (unpaired) electrons. The van der Waals surface area contributed by atoms with E-state index in [1.807, 2.05) is 18.2 Å². The van der Waals surface area contributed by atoms with E-state index in [1.165, 1.54) is 54.4 Å². The summed E-state index contributed by atoms with van der Waals surface area (Å²) in [6.45, 7) is 5.85. The molecule has 2 saturated heterocycles. The molecular formula is C25H33N5OS3. The smallest absolute Gasteiger partial charge is 0.280 e. The molecule has 0 aliphatic carbocycles. The Labute approximate surface area is 214 Å². The highest BCUT2D eigenvalue weighted by Crippen LogP contribution is 2.30. The zero-order valence-electron chi connectivity index (χ0n) is 19.7. The molecule has 2 fully saturated rings. The van der Waals surface area contributed by atoms with Crippen LogP contribution in [0.1, 0.15) is 41.9 Å². The fourth-order valence-corrected chi connectivity index (χ4v) is 7.11. The van der Waals surface area contributed by atoms with Gasteiger partial charge in [0.15, 0.2) is 5.01 Å². The van der Waals surface area contributed by atoms with E-state index in [1.54, 1.807) is 23.3 Å². The van der Waals surface area contributed by atoms with Gasteiger partial charge in [0.2, 0.25) is 0 Å². The normalized spacial score (nSPS) is 19.0. The number of hydrogen-bond acceptors (Lipinski definition) is 8. The summed E-state index contributed by atoms with van der Waals surface area (Å²) >= 11 is 4.79. The molecule has 182 valence electrons. The highest BCUT2D eigenvalue weighted by Gasteiger charge is 2.24. The van der Waals surface area contributed by atoms with Crippen LogP contribution in [0, 0.1) is 5.92 Å². The molecule has 1 amide bonds. The van der Waals surface area contributed by atoms with Gasteiger partial charge in [0.25, 0.3) is 5.91 Å². The van der Waals surface area contributed by atoms with Crippen molar-refractivity contribution in [1.82, 2.24) is 20.1 Å². The molecule has 0 saturated carbocycles. The molecule has 3 aromatic rings. The number of thiazole rings is 1. The van der Waals surface area contributed by atoms with Gasteiger partial charge >= 0.3 is 0 Å². The zero-order chi connectivity index (χ0) is 23.3. The molecule has 5 rings (SSSR count). The number of nitrogens with zero attached hydrogens (tertiary/aromatic N) is 3. The fraction of sp³-hybridized carbons (Fsp3) is 0.520. The number of likely N-dealkylation sites (tertiary alicyclic amines) is 2. The van der Waals surface area contributed by atoms with E-state index in [4.69, 9.17) is 0 Å². The second-order valence-electron chi connectivity index (χ2n) is 9.46. The summed E-state index contributed by atoms with van der Waals surface area (Å²) in [6.07, 6.45) is 6.06. The maximum atomic E-state index is 12.9. The average Bonchev–Trinajstić information content (AvgIpc) is 3.53. The fourth-order valence-electron chi connectivity index (χ4n) is 4.78. The number of benzene rings is 1. The number of nitrogens with one attached hydrogen (secondary N) is 2. The van der Waals surface area contributed by atoms with Gasteiger partial charge in [0.1, 0.15) is 0 Å². The monoisotopic (exact) mass is 515 g/mol. The standard InChI is InChI=1S/C25H33N5OS3/c1-29-11-6-18(7-12-29)8-13-30-14-9-19(10-15-30)26-24(31)25-27-21-5-4-20(17-22(21)33-25)28-34-23-3-2-16-32-23/h2-5,16-19,28H,6-15H2,1H3,(H,26,31). The Morgan fingerprint density at radius 3 is 2.74 bits per heavy atom. The molecule has 34 heavy (non-hydrogen) atoms. The molecule has 2 aliphatic rings. The lowest BCUT2D eigenvalue weighted by atomic mass is 9.93. The minimum Gasteiger partial charge on any atom is -0.347 e. The van der Waals surface area contributed by atoms with E-state index in [9.17, 15) is 4.79 Å². The van der Waals surface area contributed by atoms with Crippen LogP contribution in [0.4, 0.5) is 5.69 Å². The summed E-state index contributed by atoms with van der Waals surface area (Å²) < 4.78 is 5.63. The molecule has 9 heteroatoms. The minimum absolute atomic E-state index is 0.0338. The van der Waals surface area contributed by atoms with Crippen LogP contribution in [-0.2, 0) is 0 Å². The third-order valence-corrected chi connectivity index (χ3v) is 9.85. The van der Waals surface area contributed by atoms with Crippen LogP contribution in [0.5, 0.6) is 0 Å². The Morgan fingerprint density at radius 1 is 1.15 bits per heavy atom. The second-order valence-corrected chi connectivity index (χ2v) is 12.5. The molecule has 0 unspecified atom stereocenters. The van der Waals surface area contributed by atoms with E-state index in [0.29, 0.717) is 5.01 Å². The van der Waals surface area contributed by atoms with E-state index < -0.39 is 0 Å². The first-order valence-corrected chi connectivity index (χ1v) is 14.7. The van der Waals surface area contributed by atoms with Gasteiger partial charge < -0.3 is 19.8 Å². The van der Waals surface area contributed by atoms with Crippen LogP contribution in [0.2, 0.25) is 0 Å². The second kappa shape index (κ2) is 11.4. The van der Waals surface area contributed by atoms with E-state index in [2.05, 4.69) is 49.4 Å². The number of carbonyl (C=O) groups is 1. The number of rotatable bonds is 8. The summed E-state index contributed by atoms with van der Waals surface area (Å²) in [5.41, 5.74) is 1.90. The van der Waals surface area contributed by atoms with Gasteiger partial charge in [-0.25, -0.2) is 4.98 Å². The number of carbonyl (C=O) groups excluding carboxylic acids is 1. The maximum Gasteiger partial charge on any atom is 0.280 e. The predicted octanol–water partition coefficient (Wildman–Crippen LogP) is 5.40. The van der Waals surface area contributed by atoms with Crippen molar-refractivity contribution in [3.63, 3.8) is 0 Å². The van der Waals surface area contributed by atoms with Gasteiger partial charge in [-0.3, -0.25) is 4.79 Å². The number of fused-ring (bicyclic) bond motifs is 1. The number of amides is 1. The van der Waals surface area contributed by atoms with Crippen LogP contribution in [0.25, 0.3) is 10.2 Å². The quantitative estimate of drug-likeness (QED) is 0.392. The SMILES string of the molecule is CN1CCC(CCN2CCC(NC(=O)c3nc4ccc(NSc5cccs5)cc4s3)CC2)CC1. The van der Waals surface area contributed by atoms with Crippen LogP contribution >= 0.6 is 34.6 Å². The third kappa shape index (κ3) is 6.31. The van der Waals surface area contributed by atoms with Crippen LogP contribution in [0.3, 0.4) is 0 Å². The Balaban J connectivity index is 1.08. The van der Waals surface area contributed by atoms with Gasteiger partial charge in [0.05, 0.1) is 14.4 Å². The molecule has 2 aromatic heterocycles. The lowest BCUT2D eigenvalue weighted by Gasteiger charge is -2.34. The van der Waals surface area contributed by atoms with Crippen molar-refractivity contribution < 1.29 is 4.79 Å². The van der Waals surface area contributed by atoms with E-state index in [0.717, 1.165) is 47.8 Å². The van der Waals surface area contributed by atoms with Crippen LogP contribution in [-0.4, -0.2) is 66.5 Å². The molecule has 2 aliphatic heterocycles. The topological polar surface area (TPSA) is 60.5 Å². The van der Waals surface area contributed by atoms with Crippen LogP contribution < -0.4 is 10.0 Å². The number of hydrogen-bond donors (Lipinski definition) is 2. The number of aromatic nitrogens is 1. The first kappa shape index (κ1) is 24.1. The highest BCUT2D eigenvalue weighted by molar-refractivity contribution is 8.02. The molecular weight excluding hydrogens is 483 g/mol. The van der Waals surface area contributed by atoms with Crippen molar-refractivity contribution in [2.24, 2.45) is 5.92 Å². The van der Waals surface area contributed by atoms with Crippen LogP contribution in [0.15, 0.2) is 39.9 Å². The van der Waals surface area contributed by atoms with E-state index in [-0.39, 0.29) is 11.9 Å². The number of thiophene rings is 1. The molecule has 4 heterocycles. The Hall–Kier alpha value is -1.65. The zero-order valence-corrected chi connectivity index (χ0v) is 22.1. The van der Waals surface area contributed by atoms with E-state index >= 15 is 0 Å². The maximum absolute atomic E-state index is 12.9. The highest BCUT2D eigenvalue weighted by atomic mass is 32.2. The first-order chi connectivity index (χ1) is 16.6. The minimum atomic E-state index is -0.0338. The summed E-state index contributed by atoms with van der Waals surface area (Å²) in [5, 5.41) is 5.87. The molecule has 0 bridgehead atoms. The summed E-state index contributed by atoms with van der Waals surface area (Å²) in [5.74, 6) is 0.853. The van der Waals surface area contributed by atoms with Crippen molar-refractivity contribution in [2.45, 2.75) is 42.4 Å². The Morgan fingerprint density at radius 2 is 1.97 bits per heavy atom. The van der Waals surface area contributed by atoms with Crippen molar-refractivity contribution in [1.29, 1.82) is 0 Å². The van der Waals surface area contributed by atoms with Crippen molar-refractivity contribution in [3.05, 3.63) is 40.7 Å². The molecule has 6 nitrogen and oxygen atoms in total. The van der Waals surface area contributed by atoms with Gasteiger partial charge in [-0.05, 0) is 106 Å². The first-order valence-electron chi connectivity index (χ1n) is 12.2. The largest absolute Gasteiger partial charge is 0.347 e. The van der Waals surface area contributed by atoms with Gasteiger partial charge in [-0.15, -0.1) is 22.7 Å². The molecule has 0 spiro atoms. The lowest BCUT2D eigenvalue weighted by molar-refractivity contribution is 0.0907. The molecule has 0 atom stereocenters. The van der Waals surface area contributed by atoms with Gasteiger partial charge in [-0.1, -0.05) is 6.07 Å². The van der Waals surface area contributed by atoms with Crippen molar-refractivity contribution in [3.8, 4) is 0 Å². The number of anilines is 1. The van der Waals surface area contributed by atoms with Gasteiger partial charge in [-0.2, -0.15) is 0 Å². The summed E-state index contributed by atoms with van der Waals surface area (Å²) in [6, 6.07) is 10.5. The van der Waals surface area contributed by atoms with Gasteiger partial charge in [0, 0.05) is 24.8 Å². The lowest BCUT2D eigenvalue weighted by Crippen LogP contribution is -2.45. The average molecular weight is 516 g/mol. The molecule has 1 aromatic carbocycles. The Kier molecular flexibility index (Phi) is 8.06. The van der Waals surface area contributed by atoms with Crippen molar-refractivity contribution in [2.75, 3.05) is 44.5 Å². The summed E-state index contributed by atoms with van der Waals surface area (Å²) in [7, 11) is 2.23. The number of piperidine rings is 2.